The van der Waals surface area contributed by atoms with E-state index in [1.807, 2.05) is 36.7 Å². The van der Waals surface area contributed by atoms with E-state index in [9.17, 15) is 4.79 Å². The largest absolute Gasteiger partial charge is 0.346 e. The van der Waals surface area contributed by atoms with Crippen LogP contribution in [-0.4, -0.2) is 15.9 Å². The first kappa shape index (κ1) is 14.6. The van der Waals surface area contributed by atoms with Gasteiger partial charge in [0.15, 0.2) is 0 Å². The van der Waals surface area contributed by atoms with Gasteiger partial charge in [0.2, 0.25) is 0 Å². The van der Waals surface area contributed by atoms with Crippen LogP contribution in [0.2, 0.25) is 0 Å². The number of benzene rings is 1. The van der Waals surface area contributed by atoms with E-state index in [2.05, 4.69) is 55.8 Å². The van der Waals surface area contributed by atoms with Crippen molar-refractivity contribution in [3.63, 3.8) is 0 Å². The van der Waals surface area contributed by atoms with Gasteiger partial charge in [-0.1, -0.05) is 12.0 Å². The average Bonchev–Trinajstić information content (AvgIpc) is 2.97. The molecule has 0 aliphatic rings. The van der Waals surface area contributed by atoms with Gasteiger partial charge in [0.1, 0.15) is 5.65 Å². The van der Waals surface area contributed by atoms with Gasteiger partial charge in [0.25, 0.3) is 5.91 Å². The monoisotopic (exact) mass is 401 g/mol. The topological polar surface area (TPSA) is 57.8 Å². The van der Waals surface area contributed by atoms with Crippen molar-refractivity contribution in [1.29, 1.82) is 0 Å². The fourth-order valence-electron chi connectivity index (χ4n) is 2.17. The number of hydrogen-bond donors (Lipinski definition) is 2. The Hall–Kier alpha value is -2.33. The highest BCUT2D eigenvalue weighted by atomic mass is 127. The van der Waals surface area contributed by atoms with Crippen molar-refractivity contribution in [3.05, 3.63) is 46.3 Å². The van der Waals surface area contributed by atoms with E-state index >= 15 is 0 Å². The van der Waals surface area contributed by atoms with Crippen molar-refractivity contribution >= 4 is 45.2 Å². The number of halogens is 1. The summed E-state index contributed by atoms with van der Waals surface area (Å²) in [5.74, 6) is 4.77. The van der Waals surface area contributed by atoms with Gasteiger partial charge < -0.3 is 10.3 Å². The molecule has 0 saturated carbocycles. The van der Waals surface area contributed by atoms with Crippen molar-refractivity contribution in [2.24, 2.45) is 0 Å². The van der Waals surface area contributed by atoms with Gasteiger partial charge in [-0.2, -0.15) is 0 Å². The molecule has 3 rings (SSSR count). The molecule has 22 heavy (non-hydrogen) atoms. The molecule has 2 N–H and O–H groups in total. The molecule has 0 spiro atoms. The Bertz CT molecular complexity index is 918. The molecule has 2 aromatic heterocycles. The molecule has 3 aromatic rings. The summed E-state index contributed by atoms with van der Waals surface area (Å²) in [6, 6.07) is 9.97. The number of fused-ring (bicyclic) bond motifs is 1. The number of nitrogens with one attached hydrogen (secondary N) is 2. The van der Waals surface area contributed by atoms with Crippen molar-refractivity contribution in [1.82, 2.24) is 9.97 Å². The molecular weight excluding hydrogens is 389 g/mol. The summed E-state index contributed by atoms with van der Waals surface area (Å²) in [6.07, 6.45) is 3.68. The molecule has 0 saturated heterocycles. The smallest absolute Gasteiger partial charge is 0.300 e. The molecule has 0 fully saturated rings. The summed E-state index contributed by atoms with van der Waals surface area (Å²) >= 11 is 2.19. The van der Waals surface area contributed by atoms with Gasteiger partial charge in [0.05, 0.1) is 5.69 Å². The third-order valence-corrected chi connectivity index (χ3v) is 4.13. The first-order valence-electron chi connectivity index (χ1n) is 6.64. The lowest BCUT2D eigenvalue weighted by Crippen LogP contribution is -2.09. The maximum Gasteiger partial charge on any atom is 0.300 e. The van der Waals surface area contributed by atoms with Crippen LogP contribution in [0.25, 0.3) is 22.2 Å². The summed E-state index contributed by atoms with van der Waals surface area (Å²) in [5, 5.41) is 3.86. The number of rotatable bonds is 2. The van der Waals surface area contributed by atoms with E-state index in [1.54, 1.807) is 6.92 Å². The van der Waals surface area contributed by atoms with Gasteiger partial charge >= 0.3 is 0 Å². The molecular formula is C17H12IN3O. The van der Waals surface area contributed by atoms with Crippen LogP contribution >= 0.6 is 22.6 Å². The minimum absolute atomic E-state index is 0.309. The summed E-state index contributed by atoms with van der Waals surface area (Å²) < 4.78 is 0.961. The summed E-state index contributed by atoms with van der Waals surface area (Å²) in [4.78, 5) is 19.1. The van der Waals surface area contributed by atoms with Crippen LogP contribution in [0, 0.1) is 15.4 Å². The van der Waals surface area contributed by atoms with Crippen LogP contribution in [0.5, 0.6) is 0 Å². The molecule has 5 heteroatoms. The normalized spacial score (nSPS) is 10.1. The third-order valence-electron chi connectivity index (χ3n) is 3.19. The Balaban J connectivity index is 1.99. The number of hydrogen-bond acceptors (Lipinski definition) is 2. The fourth-order valence-corrected chi connectivity index (χ4v) is 2.64. The van der Waals surface area contributed by atoms with Crippen molar-refractivity contribution in [2.75, 3.05) is 5.32 Å². The molecule has 0 radical (unpaired) electrons. The van der Waals surface area contributed by atoms with Crippen LogP contribution in [0.15, 0.2) is 42.7 Å². The molecule has 0 bridgehead atoms. The predicted molar refractivity (Wildman–Crippen MR) is 96.3 cm³/mol. The number of anilines is 1. The Morgan fingerprint density at radius 2 is 2.14 bits per heavy atom. The van der Waals surface area contributed by atoms with E-state index in [0.717, 1.165) is 31.4 Å². The third kappa shape index (κ3) is 2.97. The van der Waals surface area contributed by atoms with E-state index < -0.39 is 0 Å². The molecule has 0 aliphatic carbocycles. The Kier molecular flexibility index (Phi) is 4.11. The maximum atomic E-state index is 11.6. The zero-order valence-electron chi connectivity index (χ0n) is 11.8. The molecule has 4 nitrogen and oxygen atoms in total. The van der Waals surface area contributed by atoms with Crippen LogP contribution in [0.1, 0.15) is 6.92 Å². The number of carbonyl (C=O) groups excluding carboxylic acids is 1. The van der Waals surface area contributed by atoms with Gasteiger partial charge in [-0.15, -0.1) is 0 Å². The highest BCUT2D eigenvalue weighted by molar-refractivity contribution is 14.1. The van der Waals surface area contributed by atoms with Gasteiger partial charge in [-0.3, -0.25) is 4.79 Å². The Labute approximate surface area is 141 Å². The van der Waals surface area contributed by atoms with E-state index in [4.69, 9.17) is 0 Å². The Morgan fingerprint density at radius 1 is 1.27 bits per heavy atom. The van der Waals surface area contributed by atoms with Crippen molar-refractivity contribution < 1.29 is 4.79 Å². The molecule has 108 valence electrons. The minimum Gasteiger partial charge on any atom is -0.346 e. The lowest BCUT2D eigenvalue weighted by atomic mass is 10.1. The average molecular weight is 401 g/mol. The van der Waals surface area contributed by atoms with Crippen LogP contribution in [0.3, 0.4) is 0 Å². The predicted octanol–water partition coefficient (Wildman–Crippen LogP) is 3.80. The number of nitrogens with zero attached hydrogens (tertiary/aromatic N) is 1. The number of aromatic amines is 1. The van der Waals surface area contributed by atoms with Crippen LogP contribution < -0.4 is 5.32 Å². The molecule has 1 aromatic carbocycles. The highest BCUT2D eigenvalue weighted by Gasteiger charge is 2.07. The standard InChI is InChI=1S/C17H12IN3O/c1-2-3-16(22)21-15-9-11(4-5-14(15)18)13-8-12-6-7-19-17(12)20-10-13/h4-10H,1H3,(H,19,20)(H,21,22). The fraction of sp³-hybridized carbons (Fsp3) is 0.0588. The van der Waals surface area contributed by atoms with E-state index in [-0.39, 0.29) is 5.91 Å². The van der Waals surface area contributed by atoms with Crippen molar-refractivity contribution in [2.45, 2.75) is 6.92 Å². The Morgan fingerprint density at radius 3 is 2.95 bits per heavy atom. The lowest BCUT2D eigenvalue weighted by Gasteiger charge is -2.08. The number of pyridine rings is 1. The summed E-state index contributed by atoms with van der Waals surface area (Å²) in [5.41, 5.74) is 3.61. The zero-order valence-corrected chi connectivity index (χ0v) is 13.9. The second-order valence-electron chi connectivity index (χ2n) is 4.66. The van der Waals surface area contributed by atoms with Crippen LogP contribution in [-0.2, 0) is 4.79 Å². The molecule has 2 heterocycles. The zero-order chi connectivity index (χ0) is 15.5. The molecule has 0 unspecified atom stereocenters. The van der Waals surface area contributed by atoms with Crippen LogP contribution in [0.4, 0.5) is 5.69 Å². The minimum atomic E-state index is -0.309. The number of aromatic nitrogens is 2. The lowest BCUT2D eigenvalue weighted by molar-refractivity contribution is -0.111. The second kappa shape index (κ2) is 6.20. The molecule has 0 atom stereocenters. The van der Waals surface area contributed by atoms with Gasteiger partial charge in [0, 0.05) is 26.9 Å². The van der Waals surface area contributed by atoms with Gasteiger partial charge in [-0.25, -0.2) is 4.98 Å². The van der Waals surface area contributed by atoms with Gasteiger partial charge in [-0.05, 0) is 65.3 Å². The number of amides is 1. The maximum absolute atomic E-state index is 11.6. The van der Waals surface area contributed by atoms with E-state index in [1.165, 1.54) is 0 Å². The molecule has 0 aliphatic heterocycles. The SMILES string of the molecule is CC#CC(=O)Nc1cc(-c2cnc3[nH]ccc3c2)ccc1I. The first-order valence-corrected chi connectivity index (χ1v) is 7.72. The first-order chi connectivity index (χ1) is 10.7. The van der Waals surface area contributed by atoms with Crippen molar-refractivity contribution in [3.8, 4) is 23.0 Å². The summed E-state index contributed by atoms with van der Waals surface area (Å²) in [6.45, 7) is 1.64. The second-order valence-corrected chi connectivity index (χ2v) is 5.83. The summed E-state index contributed by atoms with van der Waals surface area (Å²) in [7, 11) is 0. The van der Waals surface area contributed by atoms with E-state index in [0.29, 0.717) is 0 Å². The number of carbonyl (C=O) groups is 1. The number of H-pyrrole nitrogens is 1. The quantitative estimate of drug-likeness (QED) is 0.507. The highest BCUT2D eigenvalue weighted by Crippen LogP contribution is 2.28. The molecule has 1 amide bonds.